The van der Waals surface area contributed by atoms with Crippen LogP contribution in [0, 0.1) is 0 Å². The first-order chi connectivity index (χ1) is 2.00. The van der Waals surface area contributed by atoms with Gasteiger partial charge in [-0.25, -0.2) is 0 Å². The van der Waals surface area contributed by atoms with Crippen LogP contribution < -0.4 is 73.8 Å². The molecule has 0 radical (unpaired) electrons. The average Bonchev–Trinajstić information content (AvgIpc) is 0.722. The Morgan fingerprint density at radius 3 is 1.50 bits per heavy atom. The van der Waals surface area contributed by atoms with Gasteiger partial charge in [0.2, 0.25) is 0 Å². The zero-order valence-corrected chi connectivity index (χ0v) is 10.2. The molecule has 0 unspecified atom stereocenters. The first-order valence-electron chi connectivity index (χ1n) is 0.703. The van der Waals surface area contributed by atoms with E-state index >= 15 is 0 Å². The van der Waals surface area contributed by atoms with E-state index in [9.17, 15) is 8.39 Å². The van der Waals surface area contributed by atoms with E-state index in [2.05, 4.69) is 0 Å². The van der Waals surface area contributed by atoms with E-state index in [0.29, 0.717) is 0 Å². The van der Waals surface area contributed by atoms with Crippen molar-refractivity contribution in [3.05, 3.63) is 0 Å². The maximum absolute atomic E-state index is 10.0. The Morgan fingerprint density at radius 2 is 1.50 bits per heavy atom. The zero-order valence-electron chi connectivity index (χ0n) is 3.02. The van der Waals surface area contributed by atoms with Crippen LogP contribution in [0.4, 0.5) is 8.39 Å². The van der Waals surface area contributed by atoms with Gasteiger partial charge in [0.25, 0.3) is 0 Å². The van der Waals surface area contributed by atoms with E-state index in [0.717, 1.165) is 0 Å². The van der Waals surface area contributed by atoms with Gasteiger partial charge < -0.3 is 4.89 Å². The molecule has 0 aromatic rings. The number of rotatable bonds is 0. The molecule has 6 heavy (non-hydrogen) atoms. The van der Waals surface area contributed by atoms with E-state index in [1.54, 1.807) is 0 Å². The fourth-order valence-electron chi connectivity index (χ4n) is 0. The van der Waals surface area contributed by atoms with Gasteiger partial charge in [0.05, 0.1) is 0 Å². The number of hydrogen-bond acceptors (Lipinski definition) is 2. The van der Waals surface area contributed by atoms with Crippen LogP contribution in [0.5, 0.6) is 0 Å². The Bertz CT molecular complexity index is 57.7. The molecule has 2 nitrogen and oxygen atoms in total. The van der Waals surface area contributed by atoms with Crippen molar-refractivity contribution in [2.75, 3.05) is 0 Å². The third kappa shape index (κ3) is 35.9. The van der Waals surface area contributed by atoms with Gasteiger partial charge in [-0.15, -0.1) is 0 Å². The SMILES string of the molecule is O=P([O-])(F)F.[Cs+]. The zero-order chi connectivity index (χ0) is 4.50. The fourth-order valence-corrected chi connectivity index (χ4v) is 0. The second kappa shape index (κ2) is 4.03. The van der Waals surface area contributed by atoms with Crippen molar-refractivity contribution in [3.63, 3.8) is 0 Å². The molecule has 32 valence electrons. The molecule has 0 aliphatic rings. The summed E-state index contributed by atoms with van der Waals surface area (Å²) in [6, 6.07) is 0. The normalized spacial score (nSPS) is 9.83. The van der Waals surface area contributed by atoms with Crippen molar-refractivity contribution in [2.45, 2.75) is 0 Å². The van der Waals surface area contributed by atoms with Crippen LogP contribution in [0.1, 0.15) is 0 Å². The molecule has 0 spiro atoms. The minimum absolute atomic E-state index is 0. The Balaban J connectivity index is 0. The van der Waals surface area contributed by atoms with E-state index in [-0.39, 0.29) is 68.9 Å². The molecule has 0 amide bonds. The fraction of sp³-hybridized carbons (Fsp3) is 0. The van der Waals surface area contributed by atoms with Crippen LogP contribution >= 0.6 is 7.99 Å². The maximum atomic E-state index is 10.0. The molecule has 0 bridgehead atoms. The first-order valence-corrected chi connectivity index (χ1v) is 2.11. The summed E-state index contributed by atoms with van der Waals surface area (Å²) in [5, 5.41) is 0. The molecule has 0 aromatic heterocycles. The molecule has 0 aliphatic heterocycles. The first kappa shape index (κ1) is 11.0. The Kier molecular flexibility index (Phi) is 7.37. The molecule has 0 atom stereocenters. The van der Waals surface area contributed by atoms with Gasteiger partial charge in [-0.2, -0.15) is 8.39 Å². The summed E-state index contributed by atoms with van der Waals surface area (Å²) in [6.07, 6.45) is 0. The molecule has 0 saturated heterocycles. The second-order valence-corrected chi connectivity index (χ2v) is 1.24. The van der Waals surface area contributed by atoms with E-state index in [1.807, 2.05) is 0 Å². The molecule has 0 aliphatic carbocycles. The average molecular weight is 234 g/mol. The molecular weight excluding hydrogens is 234 g/mol. The van der Waals surface area contributed by atoms with Crippen LogP contribution in [0.2, 0.25) is 0 Å². The topological polar surface area (TPSA) is 40.1 Å². The number of halogens is 2. The van der Waals surface area contributed by atoms with E-state index in [4.69, 9.17) is 9.46 Å². The molecule has 0 fully saturated rings. The predicted octanol–water partition coefficient (Wildman–Crippen LogP) is -2.60. The van der Waals surface area contributed by atoms with Gasteiger partial charge in [-0.05, 0) is 0 Å². The molecular formula is CsF2O2P. The third-order valence-electron chi connectivity index (χ3n) is 0. The van der Waals surface area contributed by atoms with Crippen LogP contribution in [-0.2, 0) is 4.57 Å². The van der Waals surface area contributed by atoms with Gasteiger partial charge in [-0.3, -0.25) is 4.57 Å². The molecule has 0 rings (SSSR count). The van der Waals surface area contributed by atoms with Gasteiger partial charge in [0.1, 0.15) is 0 Å². The standard InChI is InChI=1S/Cs.F2HO2P/c;1-5(2,3)4/h;(H,3,4)/q+1;/p-1. The van der Waals surface area contributed by atoms with Crippen molar-refractivity contribution in [1.82, 2.24) is 0 Å². The van der Waals surface area contributed by atoms with Gasteiger partial charge in [-0.1, -0.05) is 0 Å². The second-order valence-electron chi connectivity index (χ2n) is 0.414. The van der Waals surface area contributed by atoms with Crippen molar-refractivity contribution < 1.29 is 86.7 Å². The summed E-state index contributed by atoms with van der Waals surface area (Å²) in [7, 11) is -5.89. The van der Waals surface area contributed by atoms with Gasteiger partial charge >= 0.3 is 76.9 Å². The Labute approximate surface area is 92.4 Å². The van der Waals surface area contributed by atoms with Crippen LogP contribution in [-0.4, -0.2) is 0 Å². The van der Waals surface area contributed by atoms with Gasteiger partial charge in [0.15, 0.2) is 0 Å². The Hall–Kier alpha value is 2.10. The minimum Gasteiger partial charge on any atom is -0.749 e. The summed E-state index contributed by atoms with van der Waals surface area (Å²) in [4.78, 5) is 8.33. The summed E-state index contributed by atoms with van der Waals surface area (Å²) < 4.78 is 28.4. The molecule has 6 heteroatoms. The van der Waals surface area contributed by atoms with Crippen molar-refractivity contribution in [1.29, 1.82) is 0 Å². The smallest absolute Gasteiger partial charge is 0.749 e. The molecule has 0 aromatic carbocycles. The van der Waals surface area contributed by atoms with Crippen molar-refractivity contribution in [3.8, 4) is 0 Å². The van der Waals surface area contributed by atoms with E-state index in [1.165, 1.54) is 0 Å². The third-order valence-corrected chi connectivity index (χ3v) is 0. The predicted molar refractivity (Wildman–Crippen MR) is 9.82 cm³/mol. The van der Waals surface area contributed by atoms with Gasteiger partial charge in [0, 0.05) is 0 Å². The van der Waals surface area contributed by atoms with Crippen LogP contribution in [0.25, 0.3) is 0 Å². The largest absolute Gasteiger partial charge is 1.00 e. The summed E-state index contributed by atoms with van der Waals surface area (Å²) >= 11 is 0. The molecule has 0 N–H and O–H groups in total. The van der Waals surface area contributed by atoms with E-state index < -0.39 is 7.99 Å². The number of hydrogen-bond donors (Lipinski definition) is 0. The van der Waals surface area contributed by atoms with Crippen molar-refractivity contribution in [2.24, 2.45) is 0 Å². The quantitative estimate of drug-likeness (QED) is 0.431. The summed E-state index contributed by atoms with van der Waals surface area (Å²) in [6.45, 7) is 0. The monoisotopic (exact) mass is 234 g/mol. The maximum Gasteiger partial charge on any atom is 1.00 e. The summed E-state index contributed by atoms with van der Waals surface area (Å²) in [5.74, 6) is 0. The summed E-state index contributed by atoms with van der Waals surface area (Å²) in [5.41, 5.74) is 0. The van der Waals surface area contributed by atoms with Crippen LogP contribution in [0.15, 0.2) is 0 Å². The minimum atomic E-state index is -5.89. The Morgan fingerprint density at radius 1 is 1.50 bits per heavy atom. The molecule has 0 heterocycles. The van der Waals surface area contributed by atoms with Crippen molar-refractivity contribution >= 4 is 7.99 Å². The molecule has 0 saturated carbocycles. The van der Waals surface area contributed by atoms with Crippen LogP contribution in [0.3, 0.4) is 0 Å².